The van der Waals surface area contributed by atoms with E-state index in [1.807, 2.05) is 6.08 Å². The van der Waals surface area contributed by atoms with E-state index in [1.54, 1.807) is 0 Å². The summed E-state index contributed by atoms with van der Waals surface area (Å²) in [5, 5.41) is 0. The molecule has 1 aliphatic rings. The second kappa shape index (κ2) is 6.66. The summed E-state index contributed by atoms with van der Waals surface area (Å²) in [5.74, 6) is 0. The molecule has 0 aliphatic heterocycles. The van der Waals surface area contributed by atoms with E-state index in [0.29, 0.717) is 0 Å². The third kappa shape index (κ3) is 4.73. The standard InChI is InChI=1S/C12H15/c1-2-4-6-8-10-12-11-9-7-5-3-1/h1-4,7,9,11H,5-6,8,10H2/b3-1+,4-2-,9-7-,12-11?. The average Bonchev–Trinajstić information content (AvgIpc) is 2.05. The zero-order valence-corrected chi connectivity index (χ0v) is 7.37. The van der Waals surface area contributed by atoms with E-state index < -0.39 is 0 Å². The van der Waals surface area contributed by atoms with Crippen molar-refractivity contribution in [2.75, 3.05) is 0 Å². The van der Waals surface area contributed by atoms with Gasteiger partial charge in [-0.15, -0.1) is 0 Å². The molecule has 0 heteroatoms. The molecule has 0 saturated heterocycles. The lowest BCUT2D eigenvalue weighted by Crippen LogP contribution is -1.70. The van der Waals surface area contributed by atoms with Crippen LogP contribution in [0.25, 0.3) is 0 Å². The van der Waals surface area contributed by atoms with Crippen molar-refractivity contribution < 1.29 is 0 Å². The molecule has 0 fully saturated rings. The summed E-state index contributed by atoms with van der Waals surface area (Å²) in [7, 11) is 0. The van der Waals surface area contributed by atoms with Crippen LogP contribution < -0.4 is 0 Å². The molecule has 1 radical (unpaired) electrons. The Kier molecular flexibility index (Phi) is 5.02. The quantitative estimate of drug-likeness (QED) is 0.506. The van der Waals surface area contributed by atoms with Gasteiger partial charge in [0.15, 0.2) is 0 Å². The highest BCUT2D eigenvalue weighted by Gasteiger charge is 1.80. The van der Waals surface area contributed by atoms with Crippen molar-refractivity contribution in [3.63, 3.8) is 0 Å². The van der Waals surface area contributed by atoms with Crippen LogP contribution in [0, 0.1) is 6.08 Å². The SMILES string of the molecule is [C]1=C/C=C\C/C=C/C=C\CCC/1. The summed E-state index contributed by atoms with van der Waals surface area (Å²) in [6.45, 7) is 0. The minimum atomic E-state index is 1.02. The van der Waals surface area contributed by atoms with Crippen LogP contribution in [0.15, 0.2) is 42.5 Å². The van der Waals surface area contributed by atoms with E-state index in [9.17, 15) is 0 Å². The predicted octanol–water partition coefficient (Wildman–Crippen LogP) is 3.59. The van der Waals surface area contributed by atoms with E-state index in [1.165, 1.54) is 6.42 Å². The van der Waals surface area contributed by atoms with E-state index in [0.717, 1.165) is 19.3 Å². The third-order valence-corrected chi connectivity index (χ3v) is 1.70. The molecule has 12 heavy (non-hydrogen) atoms. The Morgan fingerprint density at radius 1 is 0.917 bits per heavy atom. The molecule has 0 saturated carbocycles. The second-order valence-corrected chi connectivity index (χ2v) is 2.78. The molecule has 0 heterocycles. The first-order valence-electron chi connectivity index (χ1n) is 4.53. The summed E-state index contributed by atoms with van der Waals surface area (Å²) in [5.41, 5.74) is 0. The van der Waals surface area contributed by atoms with Gasteiger partial charge in [-0.3, -0.25) is 0 Å². The van der Waals surface area contributed by atoms with Crippen LogP contribution in [0.1, 0.15) is 25.7 Å². The fraction of sp³-hybridized carbons (Fsp3) is 0.333. The van der Waals surface area contributed by atoms with Crippen LogP contribution in [0.4, 0.5) is 0 Å². The van der Waals surface area contributed by atoms with Gasteiger partial charge in [-0.05, 0) is 31.8 Å². The Hall–Kier alpha value is -1.04. The zero-order valence-electron chi connectivity index (χ0n) is 7.37. The van der Waals surface area contributed by atoms with Crippen LogP contribution in [0.2, 0.25) is 0 Å². The number of allylic oxidation sites excluding steroid dienone is 8. The summed E-state index contributed by atoms with van der Waals surface area (Å²) in [6.07, 6.45) is 22.5. The first-order valence-corrected chi connectivity index (χ1v) is 4.53. The summed E-state index contributed by atoms with van der Waals surface area (Å²) >= 11 is 0. The Labute approximate surface area is 75.0 Å². The summed E-state index contributed by atoms with van der Waals surface area (Å²) < 4.78 is 0. The number of hydrogen-bond donors (Lipinski definition) is 0. The van der Waals surface area contributed by atoms with Gasteiger partial charge in [0.05, 0.1) is 0 Å². The Morgan fingerprint density at radius 2 is 1.75 bits per heavy atom. The van der Waals surface area contributed by atoms with Gasteiger partial charge in [-0.2, -0.15) is 0 Å². The van der Waals surface area contributed by atoms with Crippen molar-refractivity contribution in [1.82, 2.24) is 0 Å². The molecular formula is C12H15. The largest absolute Gasteiger partial charge is 0.0845 e. The first kappa shape index (κ1) is 9.05. The fourth-order valence-corrected chi connectivity index (χ4v) is 1.03. The second-order valence-electron chi connectivity index (χ2n) is 2.78. The maximum atomic E-state index is 3.23. The summed E-state index contributed by atoms with van der Waals surface area (Å²) in [4.78, 5) is 0. The van der Waals surface area contributed by atoms with Crippen LogP contribution in [-0.2, 0) is 0 Å². The van der Waals surface area contributed by atoms with Gasteiger partial charge in [0.2, 0.25) is 0 Å². The fourth-order valence-electron chi connectivity index (χ4n) is 1.03. The highest BCUT2D eigenvalue weighted by atomic mass is 13.9. The lowest BCUT2D eigenvalue weighted by atomic mass is 10.2. The number of hydrogen-bond acceptors (Lipinski definition) is 0. The third-order valence-electron chi connectivity index (χ3n) is 1.70. The normalized spacial score (nSPS) is 29.3. The molecule has 1 aliphatic carbocycles. The minimum absolute atomic E-state index is 1.02. The van der Waals surface area contributed by atoms with Crippen molar-refractivity contribution in [3.8, 4) is 0 Å². The molecule has 0 atom stereocenters. The highest BCUT2D eigenvalue weighted by Crippen LogP contribution is 1.99. The van der Waals surface area contributed by atoms with Crippen molar-refractivity contribution >= 4 is 0 Å². The maximum Gasteiger partial charge on any atom is -0.0163 e. The molecule has 1 rings (SSSR count). The zero-order chi connectivity index (χ0) is 8.49. The molecule has 0 N–H and O–H groups in total. The van der Waals surface area contributed by atoms with Crippen LogP contribution in [-0.4, -0.2) is 0 Å². The summed E-state index contributed by atoms with van der Waals surface area (Å²) in [6, 6.07) is 0. The Morgan fingerprint density at radius 3 is 2.75 bits per heavy atom. The van der Waals surface area contributed by atoms with Gasteiger partial charge < -0.3 is 0 Å². The monoisotopic (exact) mass is 159 g/mol. The molecule has 0 bridgehead atoms. The van der Waals surface area contributed by atoms with Crippen LogP contribution >= 0.6 is 0 Å². The van der Waals surface area contributed by atoms with Gasteiger partial charge in [0, 0.05) is 0 Å². The molecule has 0 unspecified atom stereocenters. The van der Waals surface area contributed by atoms with E-state index in [2.05, 4.69) is 42.5 Å². The first-order chi connectivity index (χ1) is 6.00. The van der Waals surface area contributed by atoms with E-state index in [4.69, 9.17) is 0 Å². The molecule has 0 aromatic rings. The van der Waals surface area contributed by atoms with Gasteiger partial charge >= 0.3 is 0 Å². The molecule has 0 aromatic carbocycles. The van der Waals surface area contributed by atoms with Crippen LogP contribution in [0.3, 0.4) is 0 Å². The molecule has 63 valence electrons. The maximum absolute atomic E-state index is 3.23. The van der Waals surface area contributed by atoms with Crippen LogP contribution in [0.5, 0.6) is 0 Å². The van der Waals surface area contributed by atoms with Gasteiger partial charge in [-0.1, -0.05) is 42.5 Å². The number of rotatable bonds is 0. The lowest BCUT2D eigenvalue weighted by molar-refractivity contribution is 0.854. The van der Waals surface area contributed by atoms with Crippen molar-refractivity contribution in [3.05, 3.63) is 48.6 Å². The molecule has 0 amide bonds. The highest BCUT2D eigenvalue weighted by molar-refractivity contribution is 5.07. The lowest BCUT2D eigenvalue weighted by Gasteiger charge is -1.89. The van der Waals surface area contributed by atoms with Gasteiger partial charge in [0.25, 0.3) is 0 Å². The van der Waals surface area contributed by atoms with E-state index in [-0.39, 0.29) is 0 Å². The van der Waals surface area contributed by atoms with Gasteiger partial charge in [0.1, 0.15) is 0 Å². The van der Waals surface area contributed by atoms with Crippen molar-refractivity contribution in [2.45, 2.75) is 25.7 Å². The predicted molar refractivity (Wildman–Crippen MR) is 53.7 cm³/mol. The molecule has 0 aromatic heterocycles. The van der Waals surface area contributed by atoms with Gasteiger partial charge in [-0.25, -0.2) is 0 Å². The Bertz CT molecular complexity index is 182. The average molecular weight is 159 g/mol. The van der Waals surface area contributed by atoms with Crippen molar-refractivity contribution in [1.29, 1.82) is 0 Å². The topological polar surface area (TPSA) is 0 Å². The smallest absolute Gasteiger partial charge is 0.0163 e. The van der Waals surface area contributed by atoms with E-state index >= 15 is 0 Å². The Balaban J connectivity index is 2.42. The minimum Gasteiger partial charge on any atom is -0.0845 e. The molecule has 0 nitrogen and oxygen atoms in total. The molecular weight excluding hydrogens is 144 g/mol. The molecule has 0 spiro atoms. The van der Waals surface area contributed by atoms with Crippen molar-refractivity contribution in [2.24, 2.45) is 0 Å².